The first-order valence-electron chi connectivity index (χ1n) is 8.09. The molecule has 118 valence electrons. The molecule has 0 radical (unpaired) electrons. The summed E-state index contributed by atoms with van der Waals surface area (Å²) in [7, 11) is 1.90. The quantitative estimate of drug-likeness (QED) is 0.748. The van der Waals surface area contributed by atoms with E-state index in [1.54, 1.807) is 0 Å². The summed E-state index contributed by atoms with van der Waals surface area (Å²) in [5, 5.41) is 0. The fourth-order valence-electron chi connectivity index (χ4n) is 2.86. The number of nitrogens with one attached hydrogen (secondary N) is 2. The van der Waals surface area contributed by atoms with Crippen molar-refractivity contribution in [1.82, 2.24) is 20.7 Å². The van der Waals surface area contributed by atoms with E-state index in [1.165, 1.54) is 43.9 Å². The minimum atomic E-state index is 0.773. The summed E-state index contributed by atoms with van der Waals surface area (Å²) in [5.74, 6) is 0.773. The lowest BCUT2D eigenvalue weighted by atomic mass is 10.1. The Labute approximate surface area is 129 Å². The van der Waals surface area contributed by atoms with Crippen molar-refractivity contribution in [3.63, 3.8) is 0 Å². The molecular formula is C17H30N4. The lowest BCUT2D eigenvalue weighted by Crippen LogP contribution is -2.46. The summed E-state index contributed by atoms with van der Waals surface area (Å²) in [6.45, 7) is 12.6. The SMILES string of the molecule is CNNCc1ccc(CN2CCN(CC(C)C)CC2)cc1. The van der Waals surface area contributed by atoms with Gasteiger partial charge < -0.3 is 4.90 Å². The van der Waals surface area contributed by atoms with E-state index in [1.807, 2.05) is 7.05 Å². The Hall–Kier alpha value is -0.940. The molecule has 1 aromatic carbocycles. The van der Waals surface area contributed by atoms with Crippen molar-refractivity contribution in [2.75, 3.05) is 39.8 Å². The first-order chi connectivity index (χ1) is 10.2. The van der Waals surface area contributed by atoms with Gasteiger partial charge in [0.15, 0.2) is 0 Å². The Morgan fingerprint density at radius 3 is 2.10 bits per heavy atom. The fourth-order valence-corrected chi connectivity index (χ4v) is 2.86. The lowest BCUT2D eigenvalue weighted by Gasteiger charge is -2.35. The molecule has 4 heteroatoms. The Morgan fingerprint density at radius 1 is 0.952 bits per heavy atom. The topological polar surface area (TPSA) is 30.5 Å². The van der Waals surface area contributed by atoms with E-state index < -0.39 is 0 Å². The number of nitrogens with zero attached hydrogens (tertiary/aromatic N) is 2. The maximum atomic E-state index is 3.12. The zero-order valence-electron chi connectivity index (χ0n) is 13.7. The van der Waals surface area contributed by atoms with Crippen molar-refractivity contribution >= 4 is 0 Å². The van der Waals surface area contributed by atoms with Crippen LogP contribution in [0.5, 0.6) is 0 Å². The average Bonchev–Trinajstić information content (AvgIpc) is 2.48. The summed E-state index contributed by atoms with van der Waals surface area (Å²) in [6, 6.07) is 8.95. The number of hydrazine groups is 1. The molecule has 1 aromatic rings. The van der Waals surface area contributed by atoms with Crippen LogP contribution in [0.15, 0.2) is 24.3 Å². The third-order valence-electron chi connectivity index (χ3n) is 3.99. The summed E-state index contributed by atoms with van der Waals surface area (Å²) in [5.41, 5.74) is 8.80. The van der Waals surface area contributed by atoms with E-state index in [-0.39, 0.29) is 0 Å². The van der Waals surface area contributed by atoms with Crippen LogP contribution in [0, 0.1) is 5.92 Å². The number of hydrogen-bond acceptors (Lipinski definition) is 4. The molecule has 0 amide bonds. The monoisotopic (exact) mass is 290 g/mol. The standard InChI is InChI=1S/C17H30N4/c1-15(2)13-20-8-10-21(11-9-20)14-17-6-4-16(5-7-17)12-19-18-3/h4-7,15,18-19H,8-14H2,1-3H3. The van der Waals surface area contributed by atoms with Gasteiger partial charge in [0.2, 0.25) is 0 Å². The third kappa shape index (κ3) is 5.75. The summed E-state index contributed by atoms with van der Waals surface area (Å²) in [4.78, 5) is 5.16. The van der Waals surface area contributed by atoms with Crippen LogP contribution in [0.3, 0.4) is 0 Å². The molecule has 0 spiro atoms. The first-order valence-corrected chi connectivity index (χ1v) is 8.09. The molecule has 1 aliphatic rings. The molecule has 1 fully saturated rings. The highest BCUT2D eigenvalue weighted by atomic mass is 15.3. The van der Waals surface area contributed by atoms with Crippen molar-refractivity contribution in [2.45, 2.75) is 26.9 Å². The van der Waals surface area contributed by atoms with E-state index in [9.17, 15) is 0 Å². The van der Waals surface area contributed by atoms with Gasteiger partial charge >= 0.3 is 0 Å². The van der Waals surface area contributed by atoms with E-state index in [2.05, 4.69) is 58.8 Å². The Balaban J connectivity index is 1.75. The van der Waals surface area contributed by atoms with Gasteiger partial charge in [0.1, 0.15) is 0 Å². The second kappa shape index (κ2) is 8.49. The maximum absolute atomic E-state index is 3.12. The number of hydrogen-bond donors (Lipinski definition) is 2. The molecule has 2 N–H and O–H groups in total. The molecule has 0 saturated carbocycles. The first kappa shape index (κ1) is 16.4. The number of benzene rings is 1. The highest BCUT2D eigenvalue weighted by Crippen LogP contribution is 2.11. The van der Waals surface area contributed by atoms with Gasteiger partial charge in [-0.3, -0.25) is 15.8 Å². The molecule has 21 heavy (non-hydrogen) atoms. The zero-order chi connectivity index (χ0) is 15.1. The van der Waals surface area contributed by atoms with Gasteiger partial charge in [-0.15, -0.1) is 0 Å². The molecule has 1 heterocycles. The largest absolute Gasteiger partial charge is 0.301 e. The minimum Gasteiger partial charge on any atom is -0.301 e. The summed E-state index contributed by atoms with van der Waals surface area (Å²) >= 11 is 0. The number of rotatable bonds is 7. The molecule has 0 aliphatic carbocycles. The zero-order valence-corrected chi connectivity index (χ0v) is 13.7. The van der Waals surface area contributed by atoms with Crippen LogP contribution in [0.4, 0.5) is 0 Å². The van der Waals surface area contributed by atoms with E-state index in [4.69, 9.17) is 0 Å². The Morgan fingerprint density at radius 2 is 1.52 bits per heavy atom. The van der Waals surface area contributed by atoms with Crippen molar-refractivity contribution in [3.8, 4) is 0 Å². The van der Waals surface area contributed by atoms with Gasteiger partial charge in [-0.2, -0.15) is 0 Å². The van der Waals surface area contributed by atoms with Gasteiger partial charge in [-0.05, 0) is 24.1 Å². The van der Waals surface area contributed by atoms with Gasteiger partial charge in [0, 0.05) is 45.8 Å². The highest BCUT2D eigenvalue weighted by molar-refractivity contribution is 5.22. The van der Waals surface area contributed by atoms with E-state index >= 15 is 0 Å². The molecule has 0 aromatic heterocycles. The van der Waals surface area contributed by atoms with Gasteiger partial charge in [0.05, 0.1) is 0 Å². The average molecular weight is 290 g/mol. The van der Waals surface area contributed by atoms with Gasteiger partial charge in [-0.25, -0.2) is 0 Å². The van der Waals surface area contributed by atoms with Crippen molar-refractivity contribution in [2.24, 2.45) is 5.92 Å². The van der Waals surface area contributed by atoms with Crippen LogP contribution in [0.25, 0.3) is 0 Å². The molecule has 4 nitrogen and oxygen atoms in total. The predicted octanol–water partition coefficient (Wildman–Crippen LogP) is 1.68. The van der Waals surface area contributed by atoms with Crippen LogP contribution in [0.1, 0.15) is 25.0 Å². The minimum absolute atomic E-state index is 0.773. The van der Waals surface area contributed by atoms with Crippen molar-refractivity contribution in [1.29, 1.82) is 0 Å². The van der Waals surface area contributed by atoms with Crippen LogP contribution in [-0.4, -0.2) is 49.6 Å². The highest BCUT2D eigenvalue weighted by Gasteiger charge is 2.17. The fraction of sp³-hybridized carbons (Fsp3) is 0.647. The Kier molecular flexibility index (Phi) is 6.64. The molecule has 0 unspecified atom stereocenters. The maximum Gasteiger partial charge on any atom is 0.0350 e. The molecule has 0 atom stereocenters. The summed E-state index contributed by atoms with van der Waals surface area (Å²) in [6.07, 6.45) is 0. The van der Waals surface area contributed by atoms with Crippen molar-refractivity contribution in [3.05, 3.63) is 35.4 Å². The van der Waals surface area contributed by atoms with Crippen LogP contribution < -0.4 is 10.9 Å². The smallest absolute Gasteiger partial charge is 0.0350 e. The van der Waals surface area contributed by atoms with Crippen LogP contribution in [-0.2, 0) is 13.1 Å². The lowest BCUT2D eigenvalue weighted by molar-refractivity contribution is 0.117. The van der Waals surface area contributed by atoms with Crippen LogP contribution >= 0.6 is 0 Å². The van der Waals surface area contributed by atoms with Crippen molar-refractivity contribution < 1.29 is 0 Å². The predicted molar refractivity (Wildman–Crippen MR) is 88.9 cm³/mol. The van der Waals surface area contributed by atoms with E-state index in [0.29, 0.717) is 0 Å². The second-order valence-corrected chi connectivity index (χ2v) is 6.39. The summed E-state index contributed by atoms with van der Waals surface area (Å²) < 4.78 is 0. The van der Waals surface area contributed by atoms with E-state index in [0.717, 1.165) is 19.0 Å². The molecular weight excluding hydrogens is 260 g/mol. The second-order valence-electron chi connectivity index (χ2n) is 6.39. The molecule has 2 rings (SSSR count). The number of piperazine rings is 1. The molecule has 1 saturated heterocycles. The Bertz CT molecular complexity index is 394. The third-order valence-corrected chi connectivity index (χ3v) is 3.99. The van der Waals surface area contributed by atoms with Gasteiger partial charge in [0.25, 0.3) is 0 Å². The normalized spacial score (nSPS) is 17.5. The molecule has 0 bridgehead atoms. The van der Waals surface area contributed by atoms with Crippen LogP contribution in [0.2, 0.25) is 0 Å². The van der Waals surface area contributed by atoms with Gasteiger partial charge in [-0.1, -0.05) is 38.1 Å². The molecule has 1 aliphatic heterocycles.